The van der Waals surface area contributed by atoms with Crippen LogP contribution >= 0.6 is 0 Å². The number of hydrogen-bond donors (Lipinski definition) is 2. The Kier molecular flexibility index (Phi) is 4.63. The Morgan fingerprint density at radius 3 is 2.62 bits per heavy atom. The molecule has 0 bridgehead atoms. The largest absolute Gasteiger partial charge is 0.396 e. The van der Waals surface area contributed by atoms with Gasteiger partial charge in [-0.3, -0.25) is 4.98 Å². The van der Waals surface area contributed by atoms with Gasteiger partial charge in [-0.15, -0.1) is 0 Å². The van der Waals surface area contributed by atoms with Crippen LogP contribution in [0, 0.1) is 5.92 Å². The van der Waals surface area contributed by atoms with Gasteiger partial charge in [-0.05, 0) is 36.5 Å². The first-order chi connectivity index (χ1) is 10.4. The number of aromatic nitrogens is 1. The van der Waals surface area contributed by atoms with Crippen LogP contribution in [0.25, 0.3) is 0 Å². The first-order valence-electron chi connectivity index (χ1n) is 7.71. The topological polar surface area (TPSA) is 45.1 Å². The molecule has 0 amide bonds. The van der Waals surface area contributed by atoms with E-state index in [1.54, 1.807) is 0 Å². The Morgan fingerprint density at radius 2 is 1.90 bits per heavy atom. The summed E-state index contributed by atoms with van der Waals surface area (Å²) in [6, 6.07) is 16.9. The molecule has 3 atom stereocenters. The van der Waals surface area contributed by atoms with Gasteiger partial charge < -0.3 is 10.4 Å². The van der Waals surface area contributed by atoms with Crippen LogP contribution in [0.5, 0.6) is 0 Å². The van der Waals surface area contributed by atoms with E-state index in [0.29, 0.717) is 12.0 Å². The second-order valence-electron chi connectivity index (χ2n) is 5.75. The average Bonchev–Trinajstić information content (AvgIpc) is 3.01. The zero-order valence-electron chi connectivity index (χ0n) is 12.2. The van der Waals surface area contributed by atoms with E-state index >= 15 is 0 Å². The molecule has 0 spiro atoms. The SMILES string of the molecule is OC[C@@H]1CCC[C@H]1N[C@H](c1ccccc1)c1ccccn1. The van der Waals surface area contributed by atoms with E-state index in [4.69, 9.17) is 0 Å². The second-order valence-corrected chi connectivity index (χ2v) is 5.75. The lowest BCUT2D eigenvalue weighted by atomic mass is 9.98. The fourth-order valence-corrected chi connectivity index (χ4v) is 3.23. The van der Waals surface area contributed by atoms with Crippen LogP contribution in [0.2, 0.25) is 0 Å². The van der Waals surface area contributed by atoms with Crippen molar-refractivity contribution in [1.82, 2.24) is 10.3 Å². The third-order valence-corrected chi connectivity index (χ3v) is 4.39. The molecule has 1 aliphatic carbocycles. The zero-order chi connectivity index (χ0) is 14.5. The summed E-state index contributed by atoms with van der Waals surface area (Å²) in [5.41, 5.74) is 2.26. The summed E-state index contributed by atoms with van der Waals surface area (Å²) in [4.78, 5) is 4.52. The molecular formula is C18H22N2O. The van der Waals surface area contributed by atoms with Gasteiger partial charge in [0.2, 0.25) is 0 Å². The van der Waals surface area contributed by atoms with E-state index in [1.807, 2.05) is 24.4 Å². The van der Waals surface area contributed by atoms with Crippen LogP contribution in [-0.2, 0) is 0 Å². The fourth-order valence-electron chi connectivity index (χ4n) is 3.23. The van der Waals surface area contributed by atoms with Crippen LogP contribution < -0.4 is 5.32 Å². The van der Waals surface area contributed by atoms with Gasteiger partial charge in [0.15, 0.2) is 0 Å². The van der Waals surface area contributed by atoms with E-state index in [0.717, 1.165) is 18.5 Å². The van der Waals surface area contributed by atoms with Crippen LogP contribution in [0.15, 0.2) is 54.7 Å². The Hall–Kier alpha value is -1.71. The maximum atomic E-state index is 9.53. The normalized spacial score (nSPS) is 23.1. The van der Waals surface area contributed by atoms with Crippen molar-refractivity contribution in [2.24, 2.45) is 5.92 Å². The molecule has 0 aliphatic heterocycles. The third kappa shape index (κ3) is 3.31. The number of aliphatic hydroxyl groups excluding tert-OH is 1. The maximum absolute atomic E-state index is 9.53. The Bertz CT molecular complexity index is 504. The van der Waals surface area contributed by atoms with Gasteiger partial charge in [0.1, 0.15) is 0 Å². The molecule has 3 heteroatoms. The van der Waals surface area contributed by atoms with Crippen LogP contribution in [0.3, 0.4) is 0 Å². The van der Waals surface area contributed by atoms with Gasteiger partial charge in [-0.25, -0.2) is 0 Å². The molecule has 0 unspecified atom stereocenters. The van der Waals surface area contributed by atoms with Gasteiger partial charge in [0.05, 0.1) is 11.7 Å². The monoisotopic (exact) mass is 282 g/mol. The minimum Gasteiger partial charge on any atom is -0.396 e. The van der Waals surface area contributed by atoms with Crippen molar-refractivity contribution in [3.8, 4) is 0 Å². The van der Waals surface area contributed by atoms with Crippen molar-refractivity contribution in [3.63, 3.8) is 0 Å². The number of nitrogens with zero attached hydrogens (tertiary/aromatic N) is 1. The van der Waals surface area contributed by atoms with E-state index in [-0.39, 0.29) is 12.6 Å². The summed E-state index contributed by atoms with van der Waals surface area (Å²) in [6.07, 6.45) is 5.26. The molecular weight excluding hydrogens is 260 g/mol. The molecule has 0 radical (unpaired) electrons. The minimum atomic E-state index is 0.0875. The molecule has 3 rings (SSSR count). The van der Waals surface area contributed by atoms with Crippen molar-refractivity contribution in [1.29, 1.82) is 0 Å². The minimum absolute atomic E-state index is 0.0875. The summed E-state index contributed by atoms with van der Waals surface area (Å²) in [5, 5.41) is 13.3. The third-order valence-electron chi connectivity index (χ3n) is 4.39. The molecule has 1 saturated carbocycles. The number of benzene rings is 1. The predicted octanol–water partition coefficient (Wildman–Crippen LogP) is 2.92. The summed E-state index contributed by atoms with van der Waals surface area (Å²) in [7, 11) is 0. The lowest BCUT2D eigenvalue weighted by molar-refractivity contribution is 0.201. The number of rotatable bonds is 5. The maximum Gasteiger partial charge on any atom is 0.0753 e. The standard InChI is InChI=1S/C18H22N2O/c21-13-15-9-6-11-16(15)20-18(14-7-2-1-3-8-14)17-10-4-5-12-19-17/h1-5,7-8,10,12,15-16,18,20-21H,6,9,11,13H2/t15-,16+,18+/m0/s1. The van der Waals surface area contributed by atoms with Crippen molar-refractivity contribution in [2.75, 3.05) is 6.61 Å². The van der Waals surface area contributed by atoms with E-state index in [2.05, 4.69) is 40.6 Å². The smallest absolute Gasteiger partial charge is 0.0753 e. The molecule has 1 fully saturated rings. The van der Waals surface area contributed by atoms with Crippen LogP contribution in [0.1, 0.15) is 36.6 Å². The second kappa shape index (κ2) is 6.83. The molecule has 1 aromatic carbocycles. The lowest BCUT2D eigenvalue weighted by Gasteiger charge is -2.26. The Morgan fingerprint density at radius 1 is 1.10 bits per heavy atom. The van der Waals surface area contributed by atoms with Crippen LogP contribution in [0.4, 0.5) is 0 Å². The van der Waals surface area contributed by atoms with E-state index < -0.39 is 0 Å². The highest BCUT2D eigenvalue weighted by molar-refractivity contribution is 5.27. The molecule has 110 valence electrons. The number of hydrogen-bond acceptors (Lipinski definition) is 3. The lowest BCUT2D eigenvalue weighted by Crippen LogP contribution is -2.37. The first-order valence-corrected chi connectivity index (χ1v) is 7.71. The highest BCUT2D eigenvalue weighted by Gasteiger charge is 2.29. The summed E-state index contributed by atoms with van der Waals surface area (Å²) >= 11 is 0. The van der Waals surface area contributed by atoms with Crippen molar-refractivity contribution in [3.05, 3.63) is 66.0 Å². The van der Waals surface area contributed by atoms with E-state index in [1.165, 1.54) is 12.0 Å². The Balaban J connectivity index is 1.86. The van der Waals surface area contributed by atoms with Gasteiger partial charge >= 0.3 is 0 Å². The summed E-state index contributed by atoms with van der Waals surface area (Å²) in [6.45, 7) is 0.265. The first kappa shape index (κ1) is 14.2. The number of pyridine rings is 1. The number of aliphatic hydroxyl groups is 1. The highest BCUT2D eigenvalue weighted by atomic mass is 16.3. The summed E-state index contributed by atoms with van der Waals surface area (Å²) in [5.74, 6) is 0.361. The van der Waals surface area contributed by atoms with Crippen LogP contribution in [-0.4, -0.2) is 22.7 Å². The summed E-state index contributed by atoms with van der Waals surface area (Å²) < 4.78 is 0. The van der Waals surface area contributed by atoms with Crippen molar-refractivity contribution >= 4 is 0 Å². The molecule has 2 N–H and O–H groups in total. The molecule has 1 aromatic heterocycles. The van der Waals surface area contributed by atoms with Gasteiger partial charge in [0.25, 0.3) is 0 Å². The average molecular weight is 282 g/mol. The van der Waals surface area contributed by atoms with Gasteiger partial charge in [-0.1, -0.05) is 42.8 Å². The zero-order valence-corrected chi connectivity index (χ0v) is 12.2. The van der Waals surface area contributed by atoms with Crippen molar-refractivity contribution in [2.45, 2.75) is 31.3 Å². The molecule has 1 aliphatic rings. The van der Waals surface area contributed by atoms with E-state index in [9.17, 15) is 5.11 Å². The van der Waals surface area contributed by atoms with Crippen molar-refractivity contribution < 1.29 is 5.11 Å². The fraction of sp³-hybridized carbons (Fsp3) is 0.389. The molecule has 21 heavy (non-hydrogen) atoms. The Labute approximate surface area is 126 Å². The van der Waals surface area contributed by atoms with Gasteiger partial charge in [-0.2, -0.15) is 0 Å². The molecule has 3 nitrogen and oxygen atoms in total. The molecule has 2 aromatic rings. The predicted molar refractivity (Wildman–Crippen MR) is 83.9 cm³/mol. The molecule has 0 saturated heterocycles. The van der Waals surface area contributed by atoms with Gasteiger partial charge in [0, 0.05) is 18.8 Å². The number of nitrogens with one attached hydrogen (secondary N) is 1. The quantitative estimate of drug-likeness (QED) is 0.886. The molecule has 1 heterocycles. The highest BCUT2D eigenvalue weighted by Crippen LogP contribution is 2.29.